The van der Waals surface area contributed by atoms with Gasteiger partial charge in [-0.1, -0.05) is 24.6 Å². The zero-order chi connectivity index (χ0) is 16.1. The Morgan fingerprint density at radius 1 is 1.23 bits per heavy atom. The number of carbonyl (C=O) groups excluding carboxylic acids is 2. The molecular weight excluding hydrogens is 278 g/mol. The van der Waals surface area contributed by atoms with E-state index in [-0.39, 0.29) is 12.5 Å². The van der Waals surface area contributed by atoms with Gasteiger partial charge in [0.1, 0.15) is 0 Å². The average Bonchev–Trinajstić information content (AvgIpc) is 2.44. The summed E-state index contributed by atoms with van der Waals surface area (Å²) in [7, 11) is 0. The summed E-state index contributed by atoms with van der Waals surface area (Å²) in [5.41, 5.74) is 2.84. The molecule has 3 amide bonds. The summed E-state index contributed by atoms with van der Waals surface area (Å²) in [5.74, 6) is 0.476. The Bertz CT molecular complexity index is 549. The van der Waals surface area contributed by atoms with Gasteiger partial charge in [-0.3, -0.25) is 15.0 Å². The Labute approximate surface area is 132 Å². The van der Waals surface area contributed by atoms with Gasteiger partial charge >= 0.3 is 6.03 Å². The van der Waals surface area contributed by atoms with Crippen molar-refractivity contribution in [3.8, 4) is 0 Å². The third kappa shape index (κ3) is 4.84. The fourth-order valence-electron chi connectivity index (χ4n) is 2.70. The molecule has 1 aromatic carbocycles. The van der Waals surface area contributed by atoms with Gasteiger partial charge < -0.3 is 5.32 Å². The van der Waals surface area contributed by atoms with Gasteiger partial charge in [0.25, 0.3) is 0 Å². The van der Waals surface area contributed by atoms with Crippen LogP contribution in [0.2, 0.25) is 0 Å². The molecule has 0 radical (unpaired) electrons. The zero-order valence-corrected chi connectivity index (χ0v) is 13.6. The van der Waals surface area contributed by atoms with E-state index in [1.165, 1.54) is 0 Å². The molecule has 0 saturated carbocycles. The molecule has 2 N–H and O–H groups in total. The number of hydrogen-bond acceptors (Lipinski definition) is 3. The second kappa shape index (κ2) is 7.40. The lowest BCUT2D eigenvalue weighted by atomic mass is 9.99. The number of anilines is 1. The van der Waals surface area contributed by atoms with Crippen LogP contribution in [0.1, 0.15) is 30.9 Å². The number of imide groups is 1. The Morgan fingerprint density at radius 2 is 1.91 bits per heavy atom. The molecule has 0 atom stereocenters. The normalized spacial score (nSPS) is 16.3. The molecule has 0 spiro atoms. The van der Waals surface area contributed by atoms with E-state index in [1.54, 1.807) is 0 Å². The monoisotopic (exact) mass is 303 g/mol. The van der Waals surface area contributed by atoms with Crippen LogP contribution in [-0.4, -0.2) is 36.5 Å². The molecule has 1 saturated heterocycles. The van der Waals surface area contributed by atoms with E-state index in [9.17, 15) is 9.59 Å². The highest BCUT2D eigenvalue weighted by Crippen LogP contribution is 2.16. The van der Waals surface area contributed by atoms with E-state index in [0.29, 0.717) is 0 Å². The maximum absolute atomic E-state index is 11.9. The van der Waals surface area contributed by atoms with Crippen LogP contribution in [0.15, 0.2) is 18.2 Å². The fourth-order valence-corrected chi connectivity index (χ4v) is 2.70. The number of nitrogens with one attached hydrogen (secondary N) is 2. The first-order valence-corrected chi connectivity index (χ1v) is 7.84. The highest BCUT2D eigenvalue weighted by molar-refractivity contribution is 6.02. The molecule has 1 aliphatic rings. The lowest BCUT2D eigenvalue weighted by molar-refractivity contribution is -0.121. The van der Waals surface area contributed by atoms with Gasteiger partial charge in [-0.25, -0.2) is 4.79 Å². The second-order valence-corrected chi connectivity index (χ2v) is 6.28. The molecule has 2 rings (SSSR count). The smallest absolute Gasteiger partial charge is 0.307 e. The van der Waals surface area contributed by atoms with Gasteiger partial charge in [0, 0.05) is 5.69 Å². The largest absolute Gasteiger partial charge is 0.325 e. The van der Waals surface area contributed by atoms with Gasteiger partial charge in [0.15, 0.2) is 0 Å². The molecule has 0 unspecified atom stereocenters. The fraction of sp³-hybridized carbons (Fsp3) is 0.529. The highest BCUT2D eigenvalue weighted by atomic mass is 16.2. The molecule has 1 heterocycles. The molecule has 22 heavy (non-hydrogen) atoms. The van der Waals surface area contributed by atoms with Crippen molar-refractivity contribution >= 4 is 17.6 Å². The maximum Gasteiger partial charge on any atom is 0.325 e. The second-order valence-electron chi connectivity index (χ2n) is 6.28. The van der Waals surface area contributed by atoms with Gasteiger partial charge in [-0.2, -0.15) is 0 Å². The summed E-state index contributed by atoms with van der Waals surface area (Å²) in [6.07, 6.45) is 2.23. The van der Waals surface area contributed by atoms with Crippen molar-refractivity contribution in [1.29, 1.82) is 0 Å². The van der Waals surface area contributed by atoms with Crippen LogP contribution in [0, 0.1) is 19.8 Å². The predicted molar refractivity (Wildman–Crippen MR) is 87.9 cm³/mol. The highest BCUT2D eigenvalue weighted by Gasteiger charge is 2.19. The van der Waals surface area contributed by atoms with Crippen molar-refractivity contribution < 1.29 is 9.59 Å². The van der Waals surface area contributed by atoms with E-state index in [2.05, 4.69) is 22.5 Å². The Balaban J connectivity index is 1.80. The summed E-state index contributed by atoms with van der Waals surface area (Å²) in [5, 5.41) is 5.12. The number of hydrogen-bond donors (Lipinski definition) is 2. The van der Waals surface area contributed by atoms with E-state index >= 15 is 0 Å². The third-order valence-corrected chi connectivity index (χ3v) is 4.13. The maximum atomic E-state index is 11.9. The van der Waals surface area contributed by atoms with Gasteiger partial charge in [0.2, 0.25) is 5.91 Å². The summed E-state index contributed by atoms with van der Waals surface area (Å²) in [6.45, 7) is 8.29. The molecule has 1 aliphatic heterocycles. The Hall–Kier alpha value is -1.88. The summed E-state index contributed by atoms with van der Waals surface area (Å²) < 4.78 is 0. The molecule has 5 heteroatoms. The van der Waals surface area contributed by atoms with E-state index in [4.69, 9.17) is 0 Å². The van der Waals surface area contributed by atoms with Gasteiger partial charge in [-0.15, -0.1) is 0 Å². The number of piperidine rings is 1. The lowest BCUT2D eigenvalue weighted by Gasteiger charge is -2.29. The van der Waals surface area contributed by atoms with E-state index < -0.39 is 6.03 Å². The van der Waals surface area contributed by atoms with Gasteiger partial charge in [0.05, 0.1) is 6.54 Å². The Kier molecular flexibility index (Phi) is 5.55. The summed E-state index contributed by atoms with van der Waals surface area (Å²) in [4.78, 5) is 25.9. The number of rotatable bonds is 3. The van der Waals surface area contributed by atoms with Crippen LogP contribution in [-0.2, 0) is 4.79 Å². The molecule has 0 bridgehead atoms. The topological polar surface area (TPSA) is 61.4 Å². The lowest BCUT2D eigenvalue weighted by Crippen LogP contribution is -2.44. The van der Waals surface area contributed by atoms with Crippen molar-refractivity contribution in [2.24, 2.45) is 5.92 Å². The van der Waals surface area contributed by atoms with Crippen LogP contribution in [0.25, 0.3) is 0 Å². The number of benzene rings is 1. The minimum Gasteiger partial charge on any atom is -0.307 e. The van der Waals surface area contributed by atoms with Crippen LogP contribution in [0.4, 0.5) is 10.5 Å². The summed E-state index contributed by atoms with van der Waals surface area (Å²) >= 11 is 0. The van der Waals surface area contributed by atoms with Crippen molar-refractivity contribution in [2.75, 3.05) is 25.0 Å². The number of nitrogens with zero attached hydrogens (tertiary/aromatic N) is 1. The molecule has 1 fully saturated rings. The standard InChI is InChI=1S/C17H25N3O2/c1-12-6-8-20(9-7-12)11-16(21)19-17(22)18-15-5-4-13(2)10-14(15)3/h4-5,10,12H,6-9,11H2,1-3H3,(H2,18,19,21,22). The average molecular weight is 303 g/mol. The number of carbonyl (C=O) groups is 2. The SMILES string of the molecule is Cc1ccc(NC(=O)NC(=O)CN2CCC(C)CC2)c(C)c1. The molecule has 0 aliphatic carbocycles. The molecular formula is C17H25N3O2. The van der Waals surface area contributed by atoms with Crippen molar-refractivity contribution in [3.63, 3.8) is 0 Å². The number of amides is 3. The number of likely N-dealkylation sites (tertiary alicyclic amines) is 1. The first-order chi connectivity index (χ1) is 10.4. The number of aryl methyl sites for hydroxylation is 2. The molecule has 1 aromatic rings. The molecule has 5 nitrogen and oxygen atoms in total. The molecule has 120 valence electrons. The van der Waals surface area contributed by atoms with Crippen LogP contribution < -0.4 is 10.6 Å². The van der Waals surface area contributed by atoms with E-state index in [0.717, 1.165) is 48.7 Å². The Morgan fingerprint density at radius 3 is 2.55 bits per heavy atom. The molecule has 0 aromatic heterocycles. The van der Waals surface area contributed by atoms with Crippen molar-refractivity contribution in [2.45, 2.75) is 33.6 Å². The third-order valence-electron chi connectivity index (χ3n) is 4.13. The minimum absolute atomic E-state index is 0.253. The van der Waals surface area contributed by atoms with Crippen LogP contribution >= 0.6 is 0 Å². The van der Waals surface area contributed by atoms with E-state index in [1.807, 2.05) is 32.0 Å². The van der Waals surface area contributed by atoms with Crippen LogP contribution in [0.5, 0.6) is 0 Å². The summed E-state index contributed by atoms with van der Waals surface area (Å²) in [6, 6.07) is 5.30. The first-order valence-electron chi connectivity index (χ1n) is 7.84. The zero-order valence-electron chi connectivity index (χ0n) is 13.6. The van der Waals surface area contributed by atoms with Crippen molar-refractivity contribution in [1.82, 2.24) is 10.2 Å². The van der Waals surface area contributed by atoms with Gasteiger partial charge in [-0.05, 0) is 57.3 Å². The first kappa shape index (κ1) is 16.5. The minimum atomic E-state index is -0.470. The predicted octanol–water partition coefficient (Wildman–Crippen LogP) is 2.68. The van der Waals surface area contributed by atoms with Crippen LogP contribution in [0.3, 0.4) is 0 Å². The quantitative estimate of drug-likeness (QED) is 0.902. The number of urea groups is 1. The van der Waals surface area contributed by atoms with Crippen molar-refractivity contribution in [3.05, 3.63) is 29.3 Å².